The fourth-order valence-corrected chi connectivity index (χ4v) is 4.55. The number of anilines is 1. The molecule has 1 aromatic carbocycles. The van der Waals surface area contributed by atoms with Gasteiger partial charge in [-0.2, -0.15) is 16.9 Å². The SMILES string of the molecule is CCCN(CCC)C(=O)C(=O)Nc1c2c(nn1-c1ccc(C)cc1C)CSC2. The summed E-state index contributed by atoms with van der Waals surface area (Å²) in [6, 6.07) is 6.14. The summed E-state index contributed by atoms with van der Waals surface area (Å²) in [5.41, 5.74) is 5.17. The molecular formula is C21H28N4O2S. The third-order valence-electron chi connectivity index (χ3n) is 4.83. The molecule has 0 atom stereocenters. The quantitative estimate of drug-likeness (QED) is 0.749. The van der Waals surface area contributed by atoms with Gasteiger partial charge in [0, 0.05) is 30.2 Å². The number of nitrogens with zero attached hydrogens (tertiary/aromatic N) is 3. The minimum atomic E-state index is -0.590. The van der Waals surface area contributed by atoms with Crippen molar-refractivity contribution in [1.82, 2.24) is 14.7 Å². The molecule has 0 fully saturated rings. The first-order chi connectivity index (χ1) is 13.5. The summed E-state index contributed by atoms with van der Waals surface area (Å²) in [5, 5.41) is 7.62. The zero-order valence-corrected chi connectivity index (χ0v) is 17.9. The van der Waals surface area contributed by atoms with Crippen LogP contribution in [0.4, 0.5) is 5.82 Å². The van der Waals surface area contributed by atoms with E-state index in [1.165, 1.54) is 5.56 Å². The monoisotopic (exact) mass is 400 g/mol. The van der Waals surface area contributed by atoms with Gasteiger partial charge in [0.05, 0.1) is 11.4 Å². The second-order valence-electron chi connectivity index (χ2n) is 7.21. The molecule has 1 aliphatic heterocycles. The molecule has 3 rings (SSSR count). The molecule has 2 aromatic rings. The van der Waals surface area contributed by atoms with Crippen molar-refractivity contribution in [2.24, 2.45) is 0 Å². The van der Waals surface area contributed by atoms with Crippen molar-refractivity contribution in [3.63, 3.8) is 0 Å². The number of hydrogen-bond acceptors (Lipinski definition) is 4. The van der Waals surface area contributed by atoms with Crippen molar-refractivity contribution in [1.29, 1.82) is 0 Å². The highest BCUT2D eigenvalue weighted by atomic mass is 32.2. The maximum Gasteiger partial charge on any atom is 0.315 e. The van der Waals surface area contributed by atoms with Crippen molar-refractivity contribution < 1.29 is 9.59 Å². The Kier molecular flexibility index (Phi) is 6.44. The zero-order valence-electron chi connectivity index (χ0n) is 17.0. The first kappa shape index (κ1) is 20.5. The highest BCUT2D eigenvalue weighted by Crippen LogP contribution is 2.36. The Morgan fingerprint density at radius 3 is 2.54 bits per heavy atom. The van der Waals surface area contributed by atoms with Crippen LogP contribution in [0, 0.1) is 13.8 Å². The standard InChI is InChI=1S/C21H28N4O2S/c1-5-9-24(10-6-2)21(27)20(26)22-19-16-12-28-13-17(16)23-25(19)18-8-7-14(3)11-15(18)4/h7-8,11H,5-6,9-10,12-13H2,1-4H3,(H,22,26). The molecule has 0 saturated heterocycles. The van der Waals surface area contributed by atoms with E-state index in [1.54, 1.807) is 21.3 Å². The van der Waals surface area contributed by atoms with Gasteiger partial charge in [-0.1, -0.05) is 31.5 Å². The molecule has 1 aliphatic rings. The predicted octanol–water partition coefficient (Wildman–Crippen LogP) is 3.82. The van der Waals surface area contributed by atoms with Crippen molar-refractivity contribution >= 4 is 29.4 Å². The molecule has 1 N–H and O–H groups in total. The van der Waals surface area contributed by atoms with E-state index in [2.05, 4.69) is 11.4 Å². The Balaban J connectivity index is 1.93. The molecule has 7 heteroatoms. The number of fused-ring (bicyclic) bond motifs is 1. The summed E-state index contributed by atoms with van der Waals surface area (Å²) in [5.74, 6) is 1.17. The lowest BCUT2D eigenvalue weighted by atomic mass is 10.1. The summed E-state index contributed by atoms with van der Waals surface area (Å²) in [7, 11) is 0. The molecule has 0 unspecified atom stereocenters. The number of hydrogen-bond donors (Lipinski definition) is 1. The summed E-state index contributed by atoms with van der Waals surface area (Å²) < 4.78 is 1.79. The highest BCUT2D eigenvalue weighted by Gasteiger charge is 2.28. The van der Waals surface area contributed by atoms with E-state index < -0.39 is 11.8 Å². The van der Waals surface area contributed by atoms with Gasteiger partial charge >= 0.3 is 11.8 Å². The Bertz CT molecular complexity index is 885. The van der Waals surface area contributed by atoms with Crippen LogP contribution in [0.1, 0.15) is 49.1 Å². The fourth-order valence-electron chi connectivity index (χ4n) is 3.52. The van der Waals surface area contributed by atoms with Crippen molar-refractivity contribution in [3.05, 3.63) is 40.6 Å². The molecule has 2 amide bonds. The number of benzene rings is 1. The number of amides is 2. The number of aryl methyl sites for hydroxylation is 2. The Hall–Kier alpha value is -2.28. The van der Waals surface area contributed by atoms with Crippen molar-refractivity contribution in [2.75, 3.05) is 18.4 Å². The minimum absolute atomic E-state index is 0.475. The second kappa shape index (κ2) is 8.82. The van der Waals surface area contributed by atoms with Crippen LogP contribution in [0.2, 0.25) is 0 Å². The molecular weight excluding hydrogens is 372 g/mol. The number of carbonyl (C=O) groups is 2. The van der Waals surface area contributed by atoms with Crippen LogP contribution < -0.4 is 5.32 Å². The summed E-state index contributed by atoms with van der Waals surface area (Å²) in [6.07, 6.45) is 1.65. The fraction of sp³-hybridized carbons (Fsp3) is 0.476. The van der Waals surface area contributed by atoms with E-state index in [-0.39, 0.29) is 0 Å². The maximum absolute atomic E-state index is 12.8. The number of aromatic nitrogens is 2. The van der Waals surface area contributed by atoms with Crippen LogP contribution >= 0.6 is 11.8 Å². The average molecular weight is 401 g/mol. The van der Waals surface area contributed by atoms with Gasteiger partial charge in [-0.05, 0) is 38.3 Å². The Morgan fingerprint density at radius 2 is 1.89 bits per heavy atom. The third kappa shape index (κ3) is 4.09. The van der Waals surface area contributed by atoms with Gasteiger partial charge in [-0.25, -0.2) is 4.68 Å². The molecule has 0 radical (unpaired) electrons. The molecule has 150 valence electrons. The molecule has 0 saturated carbocycles. The van der Waals surface area contributed by atoms with E-state index in [9.17, 15) is 9.59 Å². The Morgan fingerprint density at radius 1 is 1.18 bits per heavy atom. The van der Waals surface area contributed by atoms with Crippen LogP contribution in [0.15, 0.2) is 18.2 Å². The lowest BCUT2D eigenvalue weighted by Crippen LogP contribution is -2.41. The Labute approximate surface area is 170 Å². The number of nitrogens with one attached hydrogen (secondary N) is 1. The lowest BCUT2D eigenvalue weighted by Gasteiger charge is -2.21. The molecule has 0 aliphatic carbocycles. The van der Waals surface area contributed by atoms with Crippen LogP contribution in [0.5, 0.6) is 0 Å². The van der Waals surface area contributed by atoms with Gasteiger partial charge in [0.1, 0.15) is 5.82 Å². The first-order valence-corrected chi connectivity index (χ1v) is 11.0. The van der Waals surface area contributed by atoms with Gasteiger partial charge in [-0.3, -0.25) is 9.59 Å². The molecule has 0 spiro atoms. The number of rotatable bonds is 6. The third-order valence-corrected chi connectivity index (χ3v) is 5.80. The van der Waals surface area contributed by atoms with Gasteiger partial charge in [0.2, 0.25) is 0 Å². The molecule has 0 bridgehead atoms. The zero-order chi connectivity index (χ0) is 20.3. The smallest absolute Gasteiger partial charge is 0.315 e. The second-order valence-corrected chi connectivity index (χ2v) is 8.20. The average Bonchev–Trinajstić information content (AvgIpc) is 3.23. The largest absolute Gasteiger partial charge is 0.334 e. The highest BCUT2D eigenvalue weighted by molar-refractivity contribution is 7.98. The van der Waals surface area contributed by atoms with E-state index in [0.29, 0.717) is 18.9 Å². The van der Waals surface area contributed by atoms with E-state index in [4.69, 9.17) is 5.10 Å². The van der Waals surface area contributed by atoms with Crippen molar-refractivity contribution in [3.8, 4) is 5.69 Å². The van der Waals surface area contributed by atoms with E-state index in [1.807, 2.05) is 39.8 Å². The normalized spacial score (nSPS) is 12.7. The van der Waals surface area contributed by atoms with Gasteiger partial charge < -0.3 is 10.2 Å². The molecule has 1 aromatic heterocycles. The molecule has 28 heavy (non-hydrogen) atoms. The van der Waals surface area contributed by atoms with Crippen LogP contribution in [0.25, 0.3) is 5.69 Å². The molecule has 6 nitrogen and oxygen atoms in total. The van der Waals surface area contributed by atoms with Gasteiger partial charge in [0.15, 0.2) is 0 Å². The van der Waals surface area contributed by atoms with Gasteiger partial charge in [-0.15, -0.1) is 0 Å². The van der Waals surface area contributed by atoms with Crippen LogP contribution in [0.3, 0.4) is 0 Å². The maximum atomic E-state index is 12.8. The predicted molar refractivity (Wildman–Crippen MR) is 114 cm³/mol. The van der Waals surface area contributed by atoms with Crippen LogP contribution in [-0.4, -0.2) is 39.6 Å². The summed E-state index contributed by atoms with van der Waals surface area (Å²) in [6.45, 7) is 9.27. The number of thioether (sulfide) groups is 1. The first-order valence-electron chi connectivity index (χ1n) is 9.82. The van der Waals surface area contributed by atoms with Gasteiger partial charge in [0.25, 0.3) is 0 Å². The topological polar surface area (TPSA) is 67.2 Å². The van der Waals surface area contributed by atoms with E-state index in [0.717, 1.165) is 46.9 Å². The minimum Gasteiger partial charge on any atom is -0.334 e. The van der Waals surface area contributed by atoms with E-state index >= 15 is 0 Å². The lowest BCUT2D eigenvalue weighted by molar-refractivity contribution is -0.143. The van der Waals surface area contributed by atoms with Crippen molar-refractivity contribution in [2.45, 2.75) is 52.0 Å². The van der Waals surface area contributed by atoms with Crippen LogP contribution in [-0.2, 0) is 21.1 Å². The molecule has 2 heterocycles. The summed E-state index contributed by atoms with van der Waals surface area (Å²) >= 11 is 1.77. The summed E-state index contributed by atoms with van der Waals surface area (Å²) in [4.78, 5) is 27.1. The number of carbonyl (C=O) groups excluding carboxylic acids is 2.